The van der Waals surface area contributed by atoms with Crippen molar-refractivity contribution in [3.63, 3.8) is 0 Å². The summed E-state index contributed by atoms with van der Waals surface area (Å²) >= 11 is 0. The van der Waals surface area contributed by atoms with Gasteiger partial charge in [0.05, 0.1) is 25.9 Å². The Labute approximate surface area is 114 Å². The summed E-state index contributed by atoms with van der Waals surface area (Å²) in [5, 5.41) is 7.68. The molecule has 1 heterocycles. The molecule has 19 heavy (non-hydrogen) atoms. The minimum Gasteiger partial charge on any atom is -0.496 e. The van der Waals surface area contributed by atoms with E-state index >= 15 is 0 Å². The lowest BCUT2D eigenvalue weighted by atomic mass is 10.0. The van der Waals surface area contributed by atoms with E-state index in [0.29, 0.717) is 0 Å². The lowest BCUT2D eigenvalue weighted by molar-refractivity contribution is 0.390. The highest BCUT2D eigenvalue weighted by molar-refractivity contribution is 5.39. The molecular formula is C15H21N3O. The number of likely N-dealkylation sites (N-methyl/N-ethyl adjacent to an activating group) is 1. The van der Waals surface area contributed by atoms with Crippen molar-refractivity contribution in [2.45, 2.75) is 26.4 Å². The van der Waals surface area contributed by atoms with Crippen LogP contribution in [-0.2, 0) is 6.54 Å². The molecule has 0 saturated heterocycles. The lowest BCUT2D eigenvalue weighted by Crippen LogP contribution is -2.23. The van der Waals surface area contributed by atoms with Gasteiger partial charge in [0.25, 0.3) is 0 Å². The molecule has 0 amide bonds. The number of hydrogen-bond acceptors (Lipinski definition) is 3. The number of ether oxygens (including phenoxy) is 1. The van der Waals surface area contributed by atoms with Gasteiger partial charge in [-0.15, -0.1) is 0 Å². The van der Waals surface area contributed by atoms with Crippen molar-refractivity contribution in [1.29, 1.82) is 0 Å². The van der Waals surface area contributed by atoms with E-state index in [1.807, 2.05) is 37.1 Å². The number of hydrogen-bond donors (Lipinski definition) is 1. The van der Waals surface area contributed by atoms with Crippen molar-refractivity contribution >= 4 is 0 Å². The molecule has 1 aromatic carbocycles. The monoisotopic (exact) mass is 259 g/mol. The Morgan fingerprint density at radius 2 is 2.11 bits per heavy atom. The topological polar surface area (TPSA) is 39.1 Å². The van der Waals surface area contributed by atoms with Crippen LogP contribution in [-0.4, -0.2) is 23.9 Å². The Balaban J connectivity index is 2.28. The van der Waals surface area contributed by atoms with Gasteiger partial charge in [0.2, 0.25) is 0 Å². The van der Waals surface area contributed by atoms with Gasteiger partial charge < -0.3 is 10.1 Å². The zero-order chi connectivity index (χ0) is 13.8. The fourth-order valence-electron chi connectivity index (χ4n) is 2.23. The predicted octanol–water partition coefficient (Wildman–Crippen LogP) is 2.47. The largest absolute Gasteiger partial charge is 0.496 e. The van der Waals surface area contributed by atoms with Crippen molar-refractivity contribution in [3.05, 3.63) is 47.3 Å². The minimum absolute atomic E-state index is 0.175. The van der Waals surface area contributed by atoms with Crippen LogP contribution in [0, 0.1) is 13.8 Å². The van der Waals surface area contributed by atoms with Gasteiger partial charge in [0.1, 0.15) is 5.75 Å². The van der Waals surface area contributed by atoms with Crippen LogP contribution in [0.2, 0.25) is 0 Å². The molecule has 2 rings (SSSR count). The van der Waals surface area contributed by atoms with Crippen molar-refractivity contribution in [2.24, 2.45) is 0 Å². The third kappa shape index (κ3) is 3.15. The molecule has 4 nitrogen and oxygen atoms in total. The summed E-state index contributed by atoms with van der Waals surface area (Å²) in [6.45, 7) is 4.92. The molecule has 0 fully saturated rings. The van der Waals surface area contributed by atoms with Crippen LogP contribution in [0.3, 0.4) is 0 Å². The maximum absolute atomic E-state index is 5.46. The van der Waals surface area contributed by atoms with Gasteiger partial charge in [-0.2, -0.15) is 5.10 Å². The molecule has 0 radical (unpaired) electrons. The number of nitrogens with zero attached hydrogens (tertiary/aromatic N) is 2. The minimum atomic E-state index is 0.175. The molecule has 102 valence electrons. The van der Waals surface area contributed by atoms with Crippen LogP contribution in [0.4, 0.5) is 0 Å². The van der Waals surface area contributed by atoms with E-state index in [9.17, 15) is 0 Å². The molecule has 4 heteroatoms. The smallest absolute Gasteiger partial charge is 0.123 e. The van der Waals surface area contributed by atoms with Crippen LogP contribution in [0.1, 0.15) is 22.7 Å². The summed E-state index contributed by atoms with van der Waals surface area (Å²) < 4.78 is 7.41. The molecule has 0 spiro atoms. The third-order valence-electron chi connectivity index (χ3n) is 3.24. The second kappa shape index (κ2) is 5.89. The molecule has 1 N–H and O–H groups in total. The van der Waals surface area contributed by atoms with E-state index in [-0.39, 0.29) is 6.04 Å². The summed E-state index contributed by atoms with van der Waals surface area (Å²) in [7, 11) is 3.67. The standard InChI is InChI=1S/C15H21N3O/c1-11-5-6-15(19-4)13(7-11)14(16-3)10-18-9-12(2)8-17-18/h5-9,14,16H,10H2,1-4H3. The number of aromatic nitrogens is 2. The number of nitrogens with one attached hydrogen (secondary N) is 1. The number of benzene rings is 1. The summed E-state index contributed by atoms with van der Waals surface area (Å²) in [5.74, 6) is 0.911. The first-order valence-corrected chi connectivity index (χ1v) is 6.45. The van der Waals surface area contributed by atoms with Crippen molar-refractivity contribution in [2.75, 3.05) is 14.2 Å². The van der Waals surface area contributed by atoms with E-state index in [1.54, 1.807) is 7.11 Å². The molecule has 0 aliphatic heterocycles. The zero-order valence-corrected chi connectivity index (χ0v) is 12.0. The lowest BCUT2D eigenvalue weighted by Gasteiger charge is -2.20. The summed E-state index contributed by atoms with van der Waals surface area (Å²) in [6, 6.07) is 6.42. The fourth-order valence-corrected chi connectivity index (χ4v) is 2.23. The first kappa shape index (κ1) is 13.6. The Bertz CT molecular complexity index is 548. The van der Waals surface area contributed by atoms with Gasteiger partial charge in [0.15, 0.2) is 0 Å². The van der Waals surface area contributed by atoms with E-state index in [0.717, 1.165) is 17.9 Å². The van der Waals surface area contributed by atoms with Crippen molar-refractivity contribution in [3.8, 4) is 5.75 Å². The molecule has 1 atom stereocenters. The van der Waals surface area contributed by atoms with Gasteiger partial charge in [0, 0.05) is 11.8 Å². The van der Waals surface area contributed by atoms with Crippen LogP contribution < -0.4 is 10.1 Å². The third-order valence-corrected chi connectivity index (χ3v) is 3.24. The SMILES string of the molecule is CNC(Cn1cc(C)cn1)c1cc(C)ccc1OC. The number of rotatable bonds is 5. The second-order valence-corrected chi connectivity index (χ2v) is 4.83. The molecule has 1 unspecified atom stereocenters. The summed E-state index contributed by atoms with van der Waals surface area (Å²) in [5.41, 5.74) is 3.57. The van der Waals surface area contributed by atoms with Gasteiger partial charge in [-0.1, -0.05) is 17.7 Å². The summed E-state index contributed by atoms with van der Waals surface area (Å²) in [6.07, 6.45) is 3.92. The van der Waals surface area contributed by atoms with Gasteiger partial charge in [-0.25, -0.2) is 0 Å². The Kier molecular flexibility index (Phi) is 4.22. The number of methoxy groups -OCH3 is 1. The molecule has 0 bridgehead atoms. The molecule has 0 saturated carbocycles. The molecule has 0 aliphatic carbocycles. The van der Waals surface area contributed by atoms with Crippen molar-refractivity contribution < 1.29 is 4.74 Å². The highest BCUT2D eigenvalue weighted by Gasteiger charge is 2.15. The highest BCUT2D eigenvalue weighted by Crippen LogP contribution is 2.27. The Hall–Kier alpha value is -1.81. The quantitative estimate of drug-likeness (QED) is 0.896. The van der Waals surface area contributed by atoms with Crippen LogP contribution in [0.5, 0.6) is 5.75 Å². The maximum atomic E-state index is 5.46. The average molecular weight is 259 g/mol. The Morgan fingerprint density at radius 3 is 2.68 bits per heavy atom. The van der Waals surface area contributed by atoms with Gasteiger partial charge >= 0.3 is 0 Å². The average Bonchev–Trinajstić information content (AvgIpc) is 2.81. The maximum Gasteiger partial charge on any atom is 0.123 e. The molecule has 2 aromatic rings. The highest BCUT2D eigenvalue weighted by atomic mass is 16.5. The van der Waals surface area contributed by atoms with Crippen LogP contribution >= 0.6 is 0 Å². The number of aryl methyl sites for hydroxylation is 2. The zero-order valence-electron chi connectivity index (χ0n) is 12.0. The summed E-state index contributed by atoms with van der Waals surface area (Å²) in [4.78, 5) is 0. The van der Waals surface area contributed by atoms with Crippen LogP contribution in [0.15, 0.2) is 30.6 Å². The first-order valence-electron chi connectivity index (χ1n) is 6.45. The first-order chi connectivity index (χ1) is 9.13. The van der Waals surface area contributed by atoms with Crippen molar-refractivity contribution in [1.82, 2.24) is 15.1 Å². The van der Waals surface area contributed by atoms with Gasteiger partial charge in [-0.3, -0.25) is 4.68 Å². The predicted molar refractivity (Wildman–Crippen MR) is 76.5 cm³/mol. The van der Waals surface area contributed by atoms with Gasteiger partial charge in [-0.05, 0) is 32.5 Å². The molecule has 1 aromatic heterocycles. The fraction of sp³-hybridized carbons (Fsp3) is 0.400. The molecule has 0 aliphatic rings. The Morgan fingerprint density at radius 1 is 1.32 bits per heavy atom. The van der Waals surface area contributed by atoms with E-state index in [2.05, 4.69) is 29.5 Å². The molecular weight excluding hydrogens is 238 g/mol. The van der Waals surface area contributed by atoms with E-state index in [4.69, 9.17) is 4.74 Å². The van der Waals surface area contributed by atoms with Crippen LogP contribution in [0.25, 0.3) is 0 Å². The van der Waals surface area contributed by atoms with E-state index < -0.39 is 0 Å². The second-order valence-electron chi connectivity index (χ2n) is 4.83. The normalized spacial score (nSPS) is 12.4. The van der Waals surface area contributed by atoms with E-state index in [1.165, 1.54) is 11.1 Å².